The molecule has 0 radical (unpaired) electrons. The predicted octanol–water partition coefficient (Wildman–Crippen LogP) is 0.338. The SMILES string of the molecule is CN1[C@@H]2C[C@@H](C#N)[C@@H]1C=CC2=O. The van der Waals surface area contributed by atoms with E-state index >= 15 is 0 Å². The van der Waals surface area contributed by atoms with Crippen LogP contribution < -0.4 is 0 Å². The molecule has 3 heteroatoms. The van der Waals surface area contributed by atoms with Crippen molar-refractivity contribution in [1.29, 1.82) is 5.26 Å². The largest absolute Gasteiger partial charge is 0.293 e. The highest BCUT2D eigenvalue weighted by molar-refractivity contribution is 5.95. The molecule has 2 rings (SSSR count). The van der Waals surface area contributed by atoms with Gasteiger partial charge in [0.05, 0.1) is 18.0 Å². The van der Waals surface area contributed by atoms with Crippen LogP contribution in [0.3, 0.4) is 0 Å². The van der Waals surface area contributed by atoms with E-state index in [-0.39, 0.29) is 23.8 Å². The average molecular weight is 162 g/mol. The minimum absolute atomic E-state index is 0.00250. The fourth-order valence-electron chi connectivity index (χ4n) is 2.06. The van der Waals surface area contributed by atoms with Crippen molar-refractivity contribution in [2.45, 2.75) is 18.5 Å². The molecule has 3 nitrogen and oxygen atoms in total. The van der Waals surface area contributed by atoms with Crippen molar-refractivity contribution < 1.29 is 4.79 Å². The monoisotopic (exact) mass is 162 g/mol. The van der Waals surface area contributed by atoms with Gasteiger partial charge in [-0.05, 0) is 19.5 Å². The van der Waals surface area contributed by atoms with Gasteiger partial charge in [-0.15, -0.1) is 0 Å². The lowest BCUT2D eigenvalue weighted by Crippen LogP contribution is -2.39. The van der Waals surface area contributed by atoms with Crippen LogP contribution >= 0.6 is 0 Å². The smallest absolute Gasteiger partial charge is 0.172 e. The Balaban J connectivity index is 2.34. The van der Waals surface area contributed by atoms with Crippen molar-refractivity contribution in [3.63, 3.8) is 0 Å². The van der Waals surface area contributed by atoms with Crippen LogP contribution in [-0.2, 0) is 4.79 Å². The molecular formula is C9H10N2O. The first-order valence-corrected chi connectivity index (χ1v) is 4.07. The predicted molar refractivity (Wildman–Crippen MR) is 43.2 cm³/mol. The molecule has 0 unspecified atom stereocenters. The molecule has 2 aliphatic heterocycles. The van der Waals surface area contributed by atoms with Crippen molar-refractivity contribution in [1.82, 2.24) is 4.90 Å². The number of likely N-dealkylation sites (N-methyl/N-ethyl adjacent to an activating group) is 1. The van der Waals surface area contributed by atoms with Gasteiger partial charge >= 0.3 is 0 Å². The zero-order valence-electron chi connectivity index (χ0n) is 6.90. The highest BCUT2D eigenvalue weighted by Gasteiger charge is 2.42. The van der Waals surface area contributed by atoms with Crippen LogP contribution in [-0.4, -0.2) is 29.8 Å². The summed E-state index contributed by atoms with van der Waals surface area (Å²) in [6.45, 7) is 0. The van der Waals surface area contributed by atoms with Crippen LogP contribution in [0.1, 0.15) is 6.42 Å². The molecule has 0 amide bonds. The number of carbonyl (C=O) groups is 1. The molecule has 0 aliphatic carbocycles. The highest BCUT2D eigenvalue weighted by Crippen LogP contribution is 2.32. The van der Waals surface area contributed by atoms with E-state index < -0.39 is 0 Å². The van der Waals surface area contributed by atoms with Crippen LogP contribution in [0.25, 0.3) is 0 Å². The van der Waals surface area contributed by atoms with Gasteiger partial charge in [0, 0.05) is 6.04 Å². The highest BCUT2D eigenvalue weighted by atomic mass is 16.1. The number of hydrogen-bond acceptors (Lipinski definition) is 3. The van der Waals surface area contributed by atoms with E-state index in [9.17, 15) is 4.79 Å². The van der Waals surface area contributed by atoms with E-state index in [2.05, 4.69) is 6.07 Å². The van der Waals surface area contributed by atoms with E-state index in [4.69, 9.17) is 5.26 Å². The van der Waals surface area contributed by atoms with Crippen molar-refractivity contribution in [3.8, 4) is 6.07 Å². The lowest BCUT2D eigenvalue weighted by atomic mass is 10.0. The maximum Gasteiger partial charge on any atom is 0.172 e. The van der Waals surface area contributed by atoms with Crippen molar-refractivity contribution in [2.24, 2.45) is 5.92 Å². The number of nitriles is 1. The number of ketones is 1. The fraction of sp³-hybridized carbons (Fsp3) is 0.556. The Hall–Kier alpha value is -1.14. The minimum Gasteiger partial charge on any atom is -0.293 e. The average Bonchev–Trinajstić information content (AvgIpc) is 2.26. The lowest BCUT2D eigenvalue weighted by Gasteiger charge is -2.25. The zero-order chi connectivity index (χ0) is 8.72. The van der Waals surface area contributed by atoms with Gasteiger partial charge in [0.1, 0.15) is 0 Å². The molecule has 0 saturated carbocycles. The number of rotatable bonds is 0. The summed E-state index contributed by atoms with van der Waals surface area (Å²) in [5.41, 5.74) is 0. The second kappa shape index (κ2) is 2.43. The van der Waals surface area contributed by atoms with Gasteiger partial charge in [-0.1, -0.05) is 6.08 Å². The molecule has 2 bridgehead atoms. The maximum atomic E-state index is 11.3. The van der Waals surface area contributed by atoms with Gasteiger partial charge in [-0.2, -0.15) is 5.26 Å². The third kappa shape index (κ3) is 0.819. The van der Waals surface area contributed by atoms with E-state index in [1.165, 1.54) is 0 Å². The second-order valence-electron chi connectivity index (χ2n) is 3.40. The number of carbonyl (C=O) groups excluding carboxylic acids is 1. The van der Waals surface area contributed by atoms with Crippen molar-refractivity contribution >= 4 is 5.78 Å². The summed E-state index contributed by atoms with van der Waals surface area (Å²) in [4.78, 5) is 13.3. The van der Waals surface area contributed by atoms with Crippen molar-refractivity contribution in [2.75, 3.05) is 7.05 Å². The standard InChI is InChI=1S/C9H10N2O/c1-11-7-2-3-9(12)8(11)4-6(7)5-10/h2-3,6-8H,4H2,1H3/t6-,7-,8+/m0/s1. The minimum atomic E-state index is -0.0374. The molecule has 62 valence electrons. The van der Waals surface area contributed by atoms with E-state index in [1.54, 1.807) is 6.08 Å². The first-order valence-electron chi connectivity index (χ1n) is 4.07. The summed E-state index contributed by atoms with van der Waals surface area (Å²) in [7, 11) is 1.91. The third-order valence-corrected chi connectivity index (χ3v) is 2.80. The normalized spacial score (nSPS) is 40.0. The Morgan fingerprint density at radius 3 is 3.08 bits per heavy atom. The van der Waals surface area contributed by atoms with Gasteiger partial charge in [0.25, 0.3) is 0 Å². The third-order valence-electron chi connectivity index (χ3n) is 2.80. The Labute approximate surface area is 71.3 Å². The molecule has 2 aliphatic rings. The molecule has 0 aromatic rings. The van der Waals surface area contributed by atoms with Crippen LogP contribution in [0.5, 0.6) is 0 Å². The molecule has 0 N–H and O–H groups in total. The van der Waals surface area contributed by atoms with Gasteiger partial charge in [0.15, 0.2) is 5.78 Å². The zero-order valence-corrected chi connectivity index (χ0v) is 6.90. The van der Waals surface area contributed by atoms with Gasteiger partial charge in [-0.25, -0.2) is 0 Å². The Kier molecular flexibility index (Phi) is 1.52. The van der Waals surface area contributed by atoms with Crippen LogP contribution in [0.15, 0.2) is 12.2 Å². The van der Waals surface area contributed by atoms with Crippen LogP contribution in [0.2, 0.25) is 0 Å². The molecule has 0 spiro atoms. The van der Waals surface area contributed by atoms with Crippen LogP contribution in [0.4, 0.5) is 0 Å². The Morgan fingerprint density at radius 2 is 2.50 bits per heavy atom. The number of hydrogen-bond donors (Lipinski definition) is 0. The van der Waals surface area contributed by atoms with E-state index in [0.717, 1.165) is 0 Å². The lowest BCUT2D eigenvalue weighted by molar-refractivity contribution is -0.119. The van der Waals surface area contributed by atoms with Gasteiger partial charge < -0.3 is 0 Å². The van der Waals surface area contributed by atoms with Gasteiger partial charge in [0.2, 0.25) is 0 Å². The quantitative estimate of drug-likeness (QED) is 0.516. The van der Waals surface area contributed by atoms with Crippen LogP contribution in [0, 0.1) is 17.2 Å². The van der Waals surface area contributed by atoms with E-state index in [0.29, 0.717) is 6.42 Å². The molecule has 0 aromatic heterocycles. The maximum absolute atomic E-state index is 11.3. The molecule has 2 heterocycles. The van der Waals surface area contributed by atoms with Crippen molar-refractivity contribution in [3.05, 3.63) is 12.2 Å². The first kappa shape index (κ1) is 7.51. The fourth-order valence-corrected chi connectivity index (χ4v) is 2.06. The van der Waals surface area contributed by atoms with E-state index in [1.807, 2.05) is 18.0 Å². The summed E-state index contributed by atoms with van der Waals surface area (Å²) < 4.78 is 0. The molecule has 1 fully saturated rings. The summed E-state index contributed by atoms with van der Waals surface area (Å²) >= 11 is 0. The molecule has 1 saturated heterocycles. The topological polar surface area (TPSA) is 44.1 Å². The number of nitrogens with zero attached hydrogens (tertiary/aromatic N) is 2. The summed E-state index contributed by atoms with van der Waals surface area (Å²) in [6, 6.07) is 2.37. The molecule has 12 heavy (non-hydrogen) atoms. The first-order chi connectivity index (χ1) is 5.74. The Morgan fingerprint density at radius 1 is 1.75 bits per heavy atom. The molecule has 3 atom stereocenters. The second-order valence-corrected chi connectivity index (χ2v) is 3.40. The Bertz CT molecular complexity index is 289. The summed E-state index contributed by atoms with van der Waals surface area (Å²) in [6.07, 6.45) is 4.16. The summed E-state index contributed by atoms with van der Waals surface area (Å²) in [5.74, 6) is 0.147. The summed E-state index contributed by atoms with van der Waals surface area (Å²) in [5, 5.41) is 8.80. The van der Waals surface area contributed by atoms with Gasteiger partial charge in [-0.3, -0.25) is 9.69 Å². The molecular weight excluding hydrogens is 152 g/mol. The molecule has 0 aromatic carbocycles. The number of fused-ring (bicyclic) bond motifs is 2.